The van der Waals surface area contributed by atoms with Gasteiger partial charge in [0.25, 0.3) is 0 Å². The fraction of sp³-hybridized carbons (Fsp3) is 0.500. The number of pyridine rings is 1. The average Bonchev–Trinajstić information content (AvgIpc) is 3.18. The number of alkyl halides is 3. The highest BCUT2D eigenvalue weighted by Crippen LogP contribution is 2.41. The minimum absolute atomic E-state index is 0.0251. The van der Waals surface area contributed by atoms with E-state index >= 15 is 0 Å². The van der Waals surface area contributed by atoms with Crippen LogP contribution in [0.3, 0.4) is 0 Å². The molecule has 0 radical (unpaired) electrons. The molecule has 1 N–H and O–H groups in total. The van der Waals surface area contributed by atoms with Crippen molar-refractivity contribution in [2.75, 3.05) is 46.2 Å². The predicted molar refractivity (Wildman–Crippen MR) is 109 cm³/mol. The summed E-state index contributed by atoms with van der Waals surface area (Å²) in [5.74, 6) is 0.210. The molecule has 164 valence electrons. The fourth-order valence-corrected chi connectivity index (χ4v) is 4.61. The van der Waals surface area contributed by atoms with Crippen LogP contribution in [0.25, 0.3) is 0 Å². The molecule has 31 heavy (non-hydrogen) atoms. The molecule has 11 heteroatoms. The minimum Gasteiger partial charge on any atom is -0.366 e. The van der Waals surface area contributed by atoms with E-state index in [2.05, 4.69) is 20.2 Å². The van der Waals surface area contributed by atoms with Gasteiger partial charge in [-0.1, -0.05) is 0 Å². The van der Waals surface area contributed by atoms with Crippen molar-refractivity contribution in [3.05, 3.63) is 30.7 Å². The molecule has 5 rings (SSSR count). The number of piperidine rings is 1. The number of fused-ring (bicyclic) bond motifs is 4. The molecule has 3 aliphatic heterocycles. The number of nitrogens with zero attached hydrogens (tertiary/aromatic N) is 6. The summed E-state index contributed by atoms with van der Waals surface area (Å²) in [6.07, 6.45) is 1.25. The van der Waals surface area contributed by atoms with E-state index in [0.29, 0.717) is 17.5 Å². The molecule has 0 unspecified atom stereocenters. The van der Waals surface area contributed by atoms with E-state index < -0.39 is 12.1 Å². The molecule has 0 aliphatic carbocycles. The van der Waals surface area contributed by atoms with Crippen molar-refractivity contribution in [3.8, 4) is 0 Å². The number of halogens is 3. The summed E-state index contributed by atoms with van der Waals surface area (Å²) in [6.45, 7) is 2.12. The zero-order valence-electron chi connectivity index (χ0n) is 16.7. The second-order valence-electron chi connectivity index (χ2n) is 8.09. The number of nitrogens with one attached hydrogen (secondary N) is 1. The van der Waals surface area contributed by atoms with Gasteiger partial charge in [-0.3, -0.25) is 15.2 Å². The summed E-state index contributed by atoms with van der Waals surface area (Å²) < 4.78 is 39.0. The molecule has 2 amide bonds. The number of hydrogen-bond donors (Lipinski definition) is 1. The molecule has 0 aromatic carbocycles. The molecule has 2 saturated heterocycles. The lowest BCUT2D eigenvalue weighted by molar-refractivity contribution is -0.179. The Morgan fingerprint density at radius 1 is 1.06 bits per heavy atom. The third kappa shape index (κ3) is 3.72. The van der Waals surface area contributed by atoms with Crippen molar-refractivity contribution in [1.29, 1.82) is 0 Å². The van der Waals surface area contributed by atoms with Gasteiger partial charge in [-0.25, -0.2) is 14.8 Å². The summed E-state index contributed by atoms with van der Waals surface area (Å²) in [7, 11) is 0. The smallest absolute Gasteiger partial charge is 0.366 e. The molecule has 2 aromatic heterocycles. The fourth-order valence-electron chi connectivity index (χ4n) is 4.61. The van der Waals surface area contributed by atoms with Crippen molar-refractivity contribution < 1.29 is 18.0 Å². The Morgan fingerprint density at radius 2 is 1.84 bits per heavy atom. The average molecular weight is 433 g/mol. The first-order valence-corrected chi connectivity index (χ1v) is 10.3. The van der Waals surface area contributed by atoms with Crippen LogP contribution in [-0.4, -0.2) is 59.4 Å². The van der Waals surface area contributed by atoms with E-state index in [1.165, 1.54) is 18.6 Å². The molecule has 2 fully saturated rings. The molecule has 5 heterocycles. The van der Waals surface area contributed by atoms with Crippen molar-refractivity contribution in [2.24, 2.45) is 5.92 Å². The number of amides is 2. The van der Waals surface area contributed by atoms with E-state index in [1.807, 2.05) is 17.0 Å². The quantitative estimate of drug-likeness (QED) is 0.783. The second-order valence-corrected chi connectivity index (χ2v) is 8.09. The Hall–Kier alpha value is -3.11. The van der Waals surface area contributed by atoms with Crippen molar-refractivity contribution in [1.82, 2.24) is 15.0 Å². The molecule has 0 spiro atoms. The van der Waals surface area contributed by atoms with E-state index in [-0.39, 0.29) is 38.0 Å². The third-order valence-corrected chi connectivity index (χ3v) is 6.24. The maximum absolute atomic E-state index is 13.1. The monoisotopic (exact) mass is 433 g/mol. The Bertz CT molecular complexity index is 963. The number of anilines is 4. The van der Waals surface area contributed by atoms with E-state index in [1.54, 1.807) is 4.90 Å². The molecule has 2 bridgehead atoms. The first-order valence-electron chi connectivity index (χ1n) is 10.3. The first kappa shape index (κ1) is 19.8. The van der Waals surface area contributed by atoms with Gasteiger partial charge in [-0.05, 0) is 31.4 Å². The number of carbonyl (C=O) groups excluding carboxylic acids is 1. The van der Waals surface area contributed by atoms with Gasteiger partial charge in [0.2, 0.25) is 0 Å². The zero-order valence-corrected chi connectivity index (χ0v) is 16.7. The van der Waals surface area contributed by atoms with Crippen molar-refractivity contribution in [2.45, 2.75) is 31.5 Å². The summed E-state index contributed by atoms with van der Waals surface area (Å²) in [5.41, 5.74) is 0.858. The van der Waals surface area contributed by atoms with Crippen LogP contribution in [0.2, 0.25) is 0 Å². The lowest BCUT2D eigenvalue weighted by Gasteiger charge is -2.38. The van der Waals surface area contributed by atoms with Gasteiger partial charge in [0.15, 0.2) is 11.6 Å². The van der Waals surface area contributed by atoms with Crippen molar-refractivity contribution in [3.63, 3.8) is 0 Å². The summed E-state index contributed by atoms with van der Waals surface area (Å²) in [5, 5.41) is 2.77. The largest absolute Gasteiger partial charge is 0.391 e. The lowest BCUT2D eigenvalue weighted by atomic mass is 9.96. The molecule has 0 saturated carbocycles. The Morgan fingerprint density at radius 3 is 2.55 bits per heavy atom. The van der Waals surface area contributed by atoms with Crippen LogP contribution in [0.1, 0.15) is 19.3 Å². The first-order chi connectivity index (χ1) is 14.9. The van der Waals surface area contributed by atoms with Gasteiger partial charge in [-0.2, -0.15) is 13.2 Å². The maximum Gasteiger partial charge on any atom is 0.391 e. The van der Waals surface area contributed by atoms with Gasteiger partial charge < -0.3 is 9.80 Å². The van der Waals surface area contributed by atoms with Crippen LogP contribution in [0, 0.1) is 5.92 Å². The van der Waals surface area contributed by atoms with Crippen molar-refractivity contribution >= 4 is 29.2 Å². The summed E-state index contributed by atoms with van der Waals surface area (Å²) in [4.78, 5) is 31.6. The standard InChI is InChI=1S/C20H22F3N7O/c21-20(22,23)13-3-8-28(9-4-13)17-2-1-15-18(27-17)30(14-5-10-29(15)12-14)19(31)26-16-11-24-6-7-25-16/h1-2,6-7,11,13-14H,3-5,8-10,12H2,(H,25,26,31)/t14-/m0/s1. The highest BCUT2D eigenvalue weighted by atomic mass is 19.4. The van der Waals surface area contributed by atoms with Gasteiger partial charge in [0, 0.05) is 38.6 Å². The van der Waals surface area contributed by atoms with Crippen LogP contribution in [-0.2, 0) is 0 Å². The number of aromatic nitrogens is 3. The number of carbonyl (C=O) groups is 1. The van der Waals surface area contributed by atoms with Crippen LogP contribution in [0.4, 0.5) is 41.1 Å². The van der Waals surface area contributed by atoms with Crippen LogP contribution >= 0.6 is 0 Å². The third-order valence-electron chi connectivity index (χ3n) is 6.24. The Balaban J connectivity index is 1.40. The molecule has 8 nitrogen and oxygen atoms in total. The minimum atomic E-state index is -4.16. The number of rotatable bonds is 2. The topological polar surface area (TPSA) is 77.5 Å². The van der Waals surface area contributed by atoms with Gasteiger partial charge in [0.1, 0.15) is 5.82 Å². The SMILES string of the molecule is O=C(Nc1cnccn1)N1c2nc(N3CCC(C(F)(F)F)CC3)ccc2N2CC[C@H]1C2. The highest BCUT2D eigenvalue weighted by Gasteiger charge is 2.43. The molecule has 1 atom stereocenters. The molecular weight excluding hydrogens is 411 g/mol. The van der Waals surface area contributed by atoms with Crippen LogP contribution < -0.4 is 20.0 Å². The summed E-state index contributed by atoms with van der Waals surface area (Å²) in [6, 6.07) is 3.39. The number of urea groups is 1. The summed E-state index contributed by atoms with van der Waals surface area (Å²) >= 11 is 0. The molecular formula is C20H22F3N7O. The molecule has 2 aromatic rings. The normalized spacial score (nSPS) is 21.3. The predicted octanol–water partition coefficient (Wildman–Crippen LogP) is 3.28. The second kappa shape index (κ2) is 7.54. The van der Waals surface area contributed by atoms with E-state index in [0.717, 1.165) is 25.2 Å². The highest BCUT2D eigenvalue weighted by molar-refractivity contribution is 6.04. The Kier molecular flexibility index (Phi) is 4.82. The molecule has 3 aliphatic rings. The lowest BCUT2D eigenvalue weighted by Crippen LogP contribution is -2.48. The van der Waals surface area contributed by atoms with Crippen LogP contribution in [0.5, 0.6) is 0 Å². The van der Waals surface area contributed by atoms with Gasteiger partial charge >= 0.3 is 12.2 Å². The number of hydrogen-bond acceptors (Lipinski definition) is 6. The van der Waals surface area contributed by atoms with Gasteiger partial charge in [0.05, 0.1) is 23.8 Å². The van der Waals surface area contributed by atoms with Gasteiger partial charge in [-0.15, -0.1) is 0 Å². The van der Waals surface area contributed by atoms with Crippen LogP contribution in [0.15, 0.2) is 30.7 Å². The van der Waals surface area contributed by atoms with E-state index in [9.17, 15) is 18.0 Å². The van der Waals surface area contributed by atoms with E-state index in [4.69, 9.17) is 4.98 Å². The Labute approximate surface area is 177 Å². The zero-order chi connectivity index (χ0) is 21.6. The maximum atomic E-state index is 13.1.